The zero-order chi connectivity index (χ0) is 22.1. The fourth-order valence-electron chi connectivity index (χ4n) is 4.28. The van der Waals surface area contributed by atoms with Gasteiger partial charge in [-0.25, -0.2) is 4.98 Å². The van der Waals surface area contributed by atoms with Crippen LogP contribution in [0.5, 0.6) is 0 Å². The first-order chi connectivity index (χ1) is 15.6. The molecule has 0 unspecified atom stereocenters. The Kier molecular flexibility index (Phi) is 5.26. The second-order valence-corrected chi connectivity index (χ2v) is 8.18. The maximum Gasteiger partial charge on any atom is 0.276 e. The van der Waals surface area contributed by atoms with Crippen molar-refractivity contribution in [3.8, 4) is 5.69 Å². The zero-order valence-corrected chi connectivity index (χ0v) is 17.9. The number of benzene rings is 2. The first-order valence-corrected chi connectivity index (χ1v) is 10.8. The third kappa shape index (κ3) is 3.79. The molecule has 0 atom stereocenters. The van der Waals surface area contributed by atoms with Gasteiger partial charge in [0, 0.05) is 19.6 Å². The van der Waals surface area contributed by atoms with Crippen LogP contribution < -0.4 is 5.56 Å². The third-order valence-electron chi connectivity index (χ3n) is 6.09. The number of hydrogen-bond donors (Lipinski definition) is 0. The average Bonchev–Trinajstić information content (AvgIpc) is 3.33. The first-order valence-electron chi connectivity index (χ1n) is 10.8. The molecular formula is C24H24N6O2. The summed E-state index contributed by atoms with van der Waals surface area (Å²) < 4.78 is 1.77. The SMILES string of the molecule is Cc1nc2ccccc2c(=O)n1CC1CCN(C(=O)c2cnn(-c3ccccc3)n2)CC1. The molecule has 3 heterocycles. The lowest BCUT2D eigenvalue weighted by atomic mass is 9.96. The Bertz CT molecular complexity index is 1320. The molecule has 0 saturated carbocycles. The Morgan fingerprint density at radius 3 is 2.53 bits per heavy atom. The van der Waals surface area contributed by atoms with Crippen molar-refractivity contribution in [2.75, 3.05) is 13.1 Å². The van der Waals surface area contributed by atoms with Gasteiger partial charge >= 0.3 is 0 Å². The van der Waals surface area contributed by atoms with Crippen molar-refractivity contribution in [1.29, 1.82) is 0 Å². The maximum atomic E-state index is 12.9. The molecule has 162 valence electrons. The van der Waals surface area contributed by atoms with Crippen LogP contribution in [0.1, 0.15) is 29.2 Å². The van der Waals surface area contributed by atoms with Gasteiger partial charge in [0.05, 0.1) is 22.8 Å². The zero-order valence-electron chi connectivity index (χ0n) is 17.9. The van der Waals surface area contributed by atoms with E-state index in [0.717, 1.165) is 29.9 Å². The molecule has 0 N–H and O–H groups in total. The number of aromatic nitrogens is 5. The van der Waals surface area contributed by atoms with E-state index in [1.54, 1.807) is 4.57 Å². The van der Waals surface area contributed by atoms with E-state index in [1.165, 1.54) is 11.0 Å². The van der Waals surface area contributed by atoms with Crippen molar-refractivity contribution in [2.24, 2.45) is 5.92 Å². The van der Waals surface area contributed by atoms with Crippen molar-refractivity contribution in [1.82, 2.24) is 29.4 Å². The number of rotatable bonds is 4. The molecule has 1 aliphatic rings. The molecule has 1 amide bonds. The summed E-state index contributed by atoms with van der Waals surface area (Å²) in [6, 6.07) is 17.0. The van der Waals surface area contributed by atoms with E-state index in [0.29, 0.717) is 36.6 Å². The summed E-state index contributed by atoms with van der Waals surface area (Å²) in [6.07, 6.45) is 3.18. The van der Waals surface area contributed by atoms with Gasteiger partial charge in [0.15, 0.2) is 5.69 Å². The third-order valence-corrected chi connectivity index (χ3v) is 6.09. The lowest BCUT2D eigenvalue weighted by Crippen LogP contribution is -2.40. The molecule has 0 bridgehead atoms. The van der Waals surface area contributed by atoms with Crippen molar-refractivity contribution < 1.29 is 4.79 Å². The van der Waals surface area contributed by atoms with Gasteiger partial charge in [-0.1, -0.05) is 30.3 Å². The highest BCUT2D eigenvalue weighted by molar-refractivity contribution is 5.92. The lowest BCUT2D eigenvalue weighted by Gasteiger charge is -2.32. The van der Waals surface area contributed by atoms with E-state index in [9.17, 15) is 9.59 Å². The summed E-state index contributed by atoms with van der Waals surface area (Å²) in [5.74, 6) is 0.939. The van der Waals surface area contributed by atoms with Gasteiger partial charge < -0.3 is 4.90 Å². The molecule has 4 aromatic rings. The lowest BCUT2D eigenvalue weighted by molar-refractivity contribution is 0.0675. The smallest absolute Gasteiger partial charge is 0.276 e. The molecule has 32 heavy (non-hydrogen) atoms. The molecule has 8 heteroatoms. The van der Waals surface area contributed by atoms with E-state index in [1.807, 2.05) is 66.4 Å². The van der Waals surface area contributed by atoms with Gasteiger partial charge in [-0.2, -0.15) is 9.90 Å². The Labute approximate surface area is 185 Å². The van der Waals surface area contributed by atoms with Crippen molar-refractivity contribution in [3.63, 3.8) is 0 Å². The van der Waals surface area contributed by atoms with Crippen molar-refractivity contribution in [3.05, 3.63) is 82.7 Å². The highest BCUT2D eigenvalue weighted by Crippen LogP contribution is 2.21. The largest absolute Gasteiger partial charge is 0.337 e. The van der Waals surface area contributed by atoms with Crippen molar-refractivity contribution in [2.45, 2.75) is 26.3 Å². The van der Waals surface area contributed by atoms with Crippen LogP contribution in [0.15, 0.2) is 65.6 Å². The molecular weight excluding hydrogens is 404 g/mol. The molecule has 2 aromatic carbocycles. The Balaban J connectivity index is 1.25. The number of fused-ring (bicyclic) bond motifs is 1. The molecule has 5 rings (SSSR count). The van der Waals surface area contributed by atoms with E-state index >= 15 is 0 Å². The second kappa shape index (κ2) is 8.37. The number of amides is 1. The molecule has 0 radical (unpaired) electrons. The van der Waals surface area contributed by atoms with Crippen LogP contribution in [0, 0.1) is 12.8 Å². The normalized spacial score (nSPS) is 14.7. The van der Waals surface area contributed by atoms with Gasteiger partial charge in [0.25, 0.3) is 11.5 Å². The molecule has 2 aromatic heterocycles. The summed E-state index contributed by atoms with van der Waals surface area (Å²) in [5.41, 5.74) is 1.90. The van der Waals surface area contributed by atoms with Gasteiger partial charge in [-0.05, 0) is 49.9 Å². The Hall–Kier alpha value is -3.81. The van der Waals surface area contributed by atoms with Crippen LogP contribution in [-0.2, 0) is 6.54 Å². The molecule has 1 aliphatic heterocycles. The summed E-state index contributed by atoms with van der Waals surface area (Å²) in [5, 5.41) is 9.23. The van der Waals surface area contributed by atoms with E-state index in [2.05, 4.69) is 15.2 Å². The number of carbonyl (C=O) groups excluding carboxylic acids is 1. The minimum Gasteiger partial charge on any atom is -0.337 e. The minimum atomic E-state index is -0.105. The highest BCUT2D eigenvalue weighted by Gasteiger charge is 2.26. The number of piperidine rings is 1. The van der Waals surface area contributed by atoms with Crippen LogP contribution in [0.25, 0.3) is 16.6 Å². The maximum absolute atomic E-state index is 12.9. The number of aryl methyl sites for hydroxylation is 1. The number of likely N-dealkylation sites (tertiary alicyclic amines) is 1. The Morgan fingerprint density at radius 1 is 1.03 bits per heavy atom. The quantitative estimate of drug-likeness (QED) is 0.499. The van der Waals surface area contributed by atoms with Gasteiger partial charge in [0.1, 0.15) is 5.82 Å². The number of hydrogen-bond acceptors (Lipinski definition) is 5. The summed E-state index contributed by atoms with van der Waals surface area (Å²) in [4.78, 5) is 33.7. The number of nitrogens with zero attached hydrogens (tertiary/aromatic N) is 6. The first kappa shape index (κ1) is 20.1. The van der Waals surface area contributed by atoms with Crippen LogP contribution in [0.2, 0.25) is 0 Å². The molecule has 0 spiro atoms. The topological polar surface area (TPSA) is 85.9 Å². The fourth-order valence-corrected chi connectivity index (χ4v) is 4.28. The minimum absolute atomic E-state index is 0.00383. The predicted molar refractivity (Wildman–Crippen MR) is 121 cm³/mol. The standard InChI is InChI=1S/C24H24N6O2/c1-17-26-21-10-6-5-9-20(21)23(31)29(17)16-18-11-13-28(14-12-18)24(32)22-15-25-30(27-22)19-7-3-2-4-8-19/h2-10,15,18H,11-14,16H2,1H3. The second-order valence-electron chi connectivity index (χ2n) is 8.18. The molecule has 1 fully saturated rings. The van der Waals surface area contributed by atoms with Gasteiger partial charge in [0.2, 0.25) is 0 Å². The average molecular weight is 428 g/mol. The summed E-state index contributed by atoms with van der Waals surface area (Å²) in [6.45, 7) is 3.77. The summed E-state index contributed by atoms with van der Waals surface area (Å²) >= 11 is 0. The predicted octanol–water partition coefficient (Wildman–Crippen LogP) is 2.84. The van der Waals surface area contributed by atoms with Crippen LogP contribution >= 0.6 is 0 Å². The molecule has 0 aliphatic carbocycles. The van der Waals surface area contributed by atoms with Crippen LogP contribution in [-0.4, -0.2) is 48.4 Å². The Morgan fingerprint density at radius 2 is 1.75 bits per heavy atom. The highest BCUT2D eigenvalue weighted by atomic mass is 16.2. The van der Waals surface area contributed by atoms with Crippen LogP contribution in [0.4, 0.5) is 0 Å². The van der Waals surface area contributed by atoms with E-state index < -0.39 is 0 Å². The van der Waals surface area contributed by atoms with E-state index in [-0.39, 0.29) is 11.5 Å². The number of para-hydroxylation sites is 2. The molecule has 8 nitrogen and oxygen atoms in total. The van der Waals surface area contributed by atoms with Gasteiger partial charge in [-0.15, -0.1) is 5.10 Å². The number of carbonyl (C=O) groups is 1. The van der Waals surface area contributed by atoms with Gasteiger partial charge in [-0.3, -0.25) is 14.2 Å². The monoisotopic (exact) mass is 428 g/mol. The van der Waals surface area contributed by atoms with E-state index in [4.69, 9.17) is 0 Å². The summed E-state index contributed by atoms with van der Waals surface area (Å²) in [7, 11) is 0. The fraction of sp³-hybridized carbons (Fsp3) is 0.292. The van der Waals surface area contributed by atoms with Crippen LogP contribution in [0.3, 0.4) is 0 Å². The van der Waals surface area contributed by atoms with Crippen molar-refractivity contribution >= 4 is 16.8 Å². The molecule has 1 saturated heterocycles.